The van der Waals surface area contributed by atoms with Crippen molar-refractivity contribution in [2.75, 3.05) is 13.7 Å². The molecule has 0 atom stereocenters. The first kappa shape index (κ1) is 16.3. The van der Waals surface area contributed by atoms with Crippen LogP contribution < -0.4 is 4.74 Å². The van der Waals surface area contributed by atoms with Gasteiger partial charge in [0.1, 0.15) is 5.56 Å². The number of pyridine rings is 1. The van der Waals surface area contributed by atoms with Crippen molar-refractivity contribution in [3.05, 3.63) is 29.5 Å². The molecule has 5 rings (SSSR count). The lowest BCUT2D eigenvalue weighted by Gasteiger charge is -2.41. The second-order valence-electron chi connectivity index (χ2n) is 7.57. The number of carbonyl (C=O) groups is 1. The summed E-state index contributed by atoms with van der Waals surface area (Å²) in [5, 5.41) is 0. The number of esters is 1. The van der Waals surface area contributed by atoms with Crippen molar-refractivity contribution in [2.24, 2.45) is 0 Å². The molecule has 0 aromatic carbocycles. The first-order chi connectivity index (χ1) is 11.8. The van der Waals surface area contributed by atoms with Crippen LogP contribution in [0.3, 0.4) is 0 Å². The normalized spacial score (nSPS) is 27.6. The summed E-state index contributed by atoms with van der Waals surface area (Å²) < 4.78 is 32.7. The maximum absolute atomic E-state index is 15.1. The molecule has 4 heterocycles. The molecule has 25 heavy (non-hydrogen) atoms. The molecule has 2 bridgehead atoms. The fraction of sp³-hybridized carbons (Fsp3) is 0.556. The molecule has 0 unspecified atom stereocenters. The van der Waals surface area contributed by atoms with Crippen molar-refractivity contribution in [1.29, 1.82) is 0 Å². The second kappa shape index (κ2) is 5.17. The van der Waals surface area contributed by atoms with Gasteiger partial charge >= 0.3 is 5.97 Å². The smallest absolute Gasteiger partial charge is 0.343 e. The van der Waals surface area contributed by atoms with E-state index >= 15 is 4.39 Å². The molecule has 0 N–H and O–H groups in total. The molecular formula is C18H21FN2O4. The van der Waals surface area contributed by atoms with Gasteiger partial charge in [0.15, 0.2) is 11.4 Å². The second-order valence-corrected chi connectivity index (χ2v) is 7.57. The number of hydrogen-bond acceptors (Lipinski definition) is 5. The van der Waals surface area contributed by atoms with Crippen LogP contribution in [-0.4, -0.2) is 40.8 Å². The van der Waals surface area contributed by atoms with Crippen molar-refractivity contribution in [3.63, 3.8) is 0 Å². The number of methoxy groups -OCH3 is 1. The zero-order valence-corrected chi connectivity index (χ0v) is 14.8. The van der Waals surface area contributed by atoms with Crippen LogP contribution in [0.5, 0.6) is 5.75 Å². The Morgan fingerprint density at radius 1 is 1.40 bits per heavy atom. The maximum Gasteiger partial charge on any atom is 0.343 e. The Hall–Kier alpha value is -2.15. The van der Waals surface area contributed by atoms with E-state index in [4.69, 9.17) is 14.2 Å². The molecule has 2 saturated heterocycles. The van der Waals surface area contributed by atoms with E-state index in [2.05, 4.69) is 11.9 Å². The summed E-state index contributed by atoms with van der Waals surface area (Å²) in [5.41, 5.74) is 0.741. The van der Waals surface area contributed by atoms with Crippen LogP contribution in [0.4, 0.5) is 4.39 Å². The van der Waals surface area contributed by atoms with E-state index in [-0.39, 0.29) is 34.1 Å². The van der Waals surface area contributed by atoms with Gasteiger partial charge in [0.2, 0.25) is 5.82 Å². The van der Waals surface area contributed by atoms with Gasteiger partial charge in [-0.1, -0.05) is 0 Å². The molecule has 1 aliphatic carbocycles. The number of halogens is 1. The minimum atomic E-state index is -0.653. The number of carbonyl (C=O) groups excluding carboxylic acids is 1. The number of hydrogen-bond donors (Lipinski definition) is 0. The first-order valence-corrected chi connectivity index (χ1v) is 8.38. The Bertz CT molecular complexity index is 868. The maximum atomic E-state index is 15.1. The summed E-state index contributed by atoms with van der Waals surface area (Å²) in [6.07, 6.45) is 4.76. The average molecular weight is 348 g/mol. The number of ether oxygens (including phenoxy) is 3. The van der Waals surface area contributed by atoms with E-state index in [0.717, 1.165) is 18.5 Å². The van der Waals surface area contributed by atoms with E-state index < -0.39 is 11.8 Å². The van der Waals surface area contributed by atoms with Crippen molar-refractivity contribution in [2.45, 2.75) is 50.7 Å². The summed E-state index contributed by atoms with van der Waals surface area (Å²) >= 11 is 0. The van der Waals surface area contributed by atoms with Crippen LogP contribution in [0.25, 0.3) is 5.65 Å². The molecule has 2 aromatic rings. The summed E-state index contributed by atoms with van der Waals surface area (Å²) in [6, 6.07) is 0. The first-order valence-electron chi connectivity index (χ1n) is 8.38. The molecule has 0 amide bonds. The SMILES string of the molecule is COC(=O)c1cn2cc(C34COC(C)(C3)C4)nc2c(F)c1OC(C)C. The molecule has 2 aromatic heterocycles. The van der Waals surface area contributed by atoms with Crippen molar-refractivity contribution >= 4 is 11.6 Å². The molecule has 134 valence electrons. The van der Waals surface area contributed by atoms with E-state index in [1.165, 1.54) is 17.7 Å². The van der Waals surface area contributed by atoms with Crippen molar-refractivity contribution < 1.29 is 23.4 Å². The molecule has 6 nitrogen and oxygen atoms in total. The van der Waals surface area contributed by atoms with Gasteiger partial charge in [-0.2, -0.15) is 4.39 Å². The Morgan fingerprint density at radius 3 is 2.68 bits per heavy atom. The summed E-state index contributed by atoms with van der Waals surface area (Å²) in [7, 11) is 1.26. The highest BCUT2D eigenvalue weighted by Crippen LogP contribution is 2.58. The number of rotatable bonds is 4. The lowest BCUT2D eigenvalue weighted by atomic mass is 9.62. The lowest BCUT2D eigenvalue weighted by molar-refractivity contribution is 0.0154. The third kappa shape index (κ3) is 2.33. The molecule has 1 saturated carbocycles. The highest BCUT2D eigenvalue weighted by Gasteiger charge is 2.61. The van der Waals surface area contributed by atoms with E-state index in [0.29, 0.717) is 6.61 Å². The number of aromatic nitrogens is 2. The van der Waals surface area contributed by atoms with Crippen molar-refractivity contribution in [3.8, 4) is 5.75 Å². The Morgan fingerprint density at radius 2 is 2.12 bits per heavy atom. The number of fused-ring (bicyclic) bond motifs is 2. The predicted molar refractivity (Wildman–Crippen MR) is 87.5 cm³/mol. The Kier molecular flexibility index (Phi) is 3.38. The standard InChI is InChI=1S/C18H21FN2O4/c1-10(2)25-14-11(16(22)23-4)5-21-6-12(20-15(21)13(14)19)18-7-17(3,8-18)24-9-18/h5-6,10H,7-9H2,1-4H3. The van der Waals surface area contributed by atoms with Gasteiger partial charge in [0.25, 0.3) is 0 Å². The number of imidazole rings is 1. The fourth-order valence-corrected chi connectivity index (χ4v) is 4.09. The van der Waals surface area contributed by atoms with Crippen LogP contribution in [-0.2, 0) is 14.9 Å². The monoisotopic (exact) mass is 348 g/mol. The van der Waals surface area contributed by atoms with Crippen LogP contribution in [0.1, 0.15) is 49.7 Å². The Balaban J connectivity index is 1.84. The predicted octanol–water partition coefficient (Wildman–Crippen LogP) is 2.87. The zero-order chi connectivity index (χ0) is 18.0. The molecular weight excluding hydrogens is 327 g/mol. The van der Waals surface area contributed by atoms with Crippen LogP contribution in [0.15, 0.2) is 12.4 Å². The molecule has 3 fully saturated rings. The number of nitrogens with zero attached hydrogens (tertiary/aromatic N) is 2. The van der Waals surface area contributed by atoms with E-state index in [1.54, 1.807) is 20.0 Å². The molecule has 3 aliphatic rings. The third-order valence-corrected chi connectivity index (χ3v) is 5.06. The van der Waals surface area contributed by atoms with E-state index in [1.807, 2.05) is 0 Å². The van der Waals surface area contributed by atoms with Gasteiger partial charge in [0, 0.05) is 17.8 Å². The summed E-state index contributed by atoms with van der Waals surface area (Å²) in [4.78, 5) is 16.6. The minimum Gasteiger partial charge on any atom is -0.487 e. The zero-order valence-electron chi connectivity index (χ0n) is 14.8. The van der Waals surface area contributed by atoms with Gasteiger partial charge in [0.05, 0.1) is 31.1 Å². The Labute approximate surface area is 144 Å². The topological polar surface area (TPSA) is 62.1 Å². The van der Waals surface area contributed by atoms with Crippen molar-refractivity contribution in [1.82, 2.24) is 9.38 Å². The van der Waals surface area contributed by atoms with E-state index in [9.17, 15) is 4.79 Å². The average Bonchev–Trinajstić information content (AvgIpc) is 3.19. The van der Waals surface area contributed by atoms with Crippen LogP contribution in [0.2, 0.25) is 0 Å². The lowest BCUT2D eigenvalue weighted by Crippen LogP contribution is -2.45. The minimum absolute atomic E-state index is 0.0452. The molecule has 0 radical (unpaired) electrons. The highest BCUT2D eigenvalue weighted by atomic mass is 19.1. The highest BCUT2D eigenvalue weighted by molar-refractivity contribution is 5.93. The van der Waals surface area contributed by atoms with Crippen LogP contribution >= 0.6 is 0 Å². The molecule has 2 aliphatic heterocycles. The van der Waals surface area contributed by atoms with Gasteiger partial charge in [-0.05, 0) is 33.6 Å². The third-order valence-electron chi connectivity index (χ3n) is 5.06. The van der Waals surface area contributed by atoms with Gasteiger partial charge in [-0.25, -0.2) is 9.78 Å². The fourth-order valence-electron chi connectivity index (χ4n) is 4.09. The summed E-state index contributed by atoms with van der Waals surface area (Å²) in [6.45, 7) is 6.21. The summed E-state index contributed by atoms with van der Waals surface area (Å²) in [5.74, 6) is -1.42. The van der Waals surface area contributed by atoms with Crippen LogP contribution in [0, 0.1) is 5.82 Å². The van der Waals surface area contributed by atoms with Gasteiger partial charge in [-0.3, -0.25) is 0 Å². The van der Waals surface area contributed by atoms with Gasteiger partial charge in [-0.15, -0.1) is 0 Å². The largest absolute Gasteiger partial charge is 0.487 e. The quantitative estimate of drug-likeness (QED) is 0.795. The van der Waals surface area contributed by atoms with Gasteiger partial charge < -0.3 is 18.6 Å². The molecule has 0 spiro atoms. The molecule has 7 heteroatoms.